The normalized spacial score (nSPS) is 14.0. The number of amides is 1. The molecule has 0 bridgehead atoms. The molecule has 1 atom stereocenters. The summed E-state index contributed by atoms with van der Waals surface area (Å²) in [7, 11) is 1.81. The highest BCUT2D eigenvalue weighted by Gasteiger charge is 2.27. The quantitative estimate of drug-likeness (QED) is 0.664. The molecule has 0 saturated heterocycles. The number of carbonyl (C=O) groups is 2. The standard InChI is InChI=1S/C20H29NO5/c1-6-19(23)24-12-20(3,4)11-18(22)21(5)14(2)9-15-7-8-16-17(10-15)26-13-25-16/h7-8,10,14H,6,9,11-13H2,1-5H3. The number of benzene rings is 1. The zero-order valence-corrected chi connectivity index (χ0v) is 16.3. The lowest BCUT2D eigenvalue weighted by Gasteiger charge is -2.30. The molecule has 6 heteroatoms. The van der Waals surface area contributed by atoms with Crippen LogP contribution in [0.25, 0.3) is 0 Å². The van der Waals surface area contributed by atoms with Crippen molar-refractivity contribution < 1.29 is 23.8 Å². The summed E-state index contributed by atoms with van der Waals surface area (Å²) in [4.78, 5) is 25.7. The molecular formula is C20H29NO5. The lowest BCUT2D eigenvalue weighted by atomic mass is 9.89. The lowest BCUT2D eigenvalue weighted by molar-refractivity contribution is -0.148. The molecule has 144 valence electrons. The van der Waals surface area contributed by atoms with E-state index >= 15 is 0 Å². The van der Waals surface area contributed by atoms with Crippen molar-refractivity contribution in [2.24, 2.45) is 5.41 Å². The lowest BCUT2D eigenvalue weighted by Crippen LogP contribution is -2.39. The fourth-order valence-electron chi connectivity index (χ4n) is 2.75. The third kappa shape index (κ3) is 5.38. The maximum Gasteiger partial charge on any atom is 0.305 e. The Hall–Kier alpha value is -2.24. The fourth-order valence-corrected chi connectivity index (χ4v) is 2.75. The first-order valence-electron chi connectivity index (χ1n) is 9.01. The van der Waals surface area contributed by atoms with Crippen molar-refractivity contribution in [3.8, 4) is 11.5 Å². The summed E-state index contributed by atoms with van der Waals surface area (Å²) in [5.74, 6) is 1.31. The van der Waals surface area contributed by atoms with Gasteiger partial charge in [-0.1, -0.05) is 26.8 Å². The molecule has 0 aliphatic carbocycles. The monoisotopic (exact) mass is 363 g/mol. The Balaban J connectivity index is 1.89. The van der Waals surface area contributed by atoms with Crippen LogP contribution < -0.4 is 9.47 Å². The van der Waals surface area contributed by atoms with Crippen LogP contribution in [0.5, 0.6) is 11.5 Å². The molecular weight excluding hydrogens is 334 g/mol. The number of rotatable bonds is 8. The molecule has 1 aromatic carbocycles. The van der Waals surface area contributed by atoms with Crippen molar-refractivity contribution in [2.45, 2.75) is 53.0 Å². The molecule has 1 amide bonds. The highest BCUT2D eigenvalue weighted by molar-refractivity contribution is 5.77. The van der Waals surface area contributed by atoms with E-state index in [-0.39, 0.29) is 31.3 Å². The molecule has 1 aliphatic rings. The summed E-state index contributed by atoms with van der Waals surface area (Å²) in [5.41, 5.74) is 0.701. The van der Waals surface area contributed by atoms with Crippen molar-refractivity contribution in [2.75, 3.05) is 20.4 Å². The van der Waals surface area contributed by atoms with Gasteiger partial charge in [-0.2, -0.15) is 0 Å². The molecule has 1 heterocycles. The summed E-state index contributed by atoms with van der Waals surface area (Å²) >= 11 is 0. The van der Waals surface area contributed by atoms with Crippen LogP contribution in [0.4, 0.5) is 0 Å². The number of ether oxygens (including phenoxy) is 3. The minimum Gasteiger partial charge on any atom is -0.465 e. The highest BCUT2D eigenvalue weighted by Crippen LogP contribution is 2.33. The highest BCUT2D eigenvalue weighted by atomic mass is 16.7. The van der Waals surface area contributed by atoms with Gasteiger partial charge in [0.15, 0.2) is 11.5 Å². The Morgan fingerprint density at radius 1 is 1.27 bits per heavy atom. The number of hydrogen-bond acceptors (Lipinski definition) is 5. The van der Waals surface area contributed by atoms with Crippen molar-refractivity contribution in [3.63, 3.8) is 0 Å². The van der Waals surface area contributed by atoms with Crippen LogP contribution >= 0.6 is 0 Å². The van der Waals surface area contributed by atoms with Crippen LogP contribution in [0.2, 0.25) is 0 Å². The van der Waals surface area contributed by atoms with E-state index in [1.807, 2.05) is 46.0 Å². The Kier molecular flexibility index (Phi) is 6.51. The molecule has 1 aromatic rings. The van der Waals surface area contributed by atoms with E-state index in [0.29, 0.717) is 12.8 Å². The van der Waals surface area contributed by atoms with Gasteiger partial charge in [0.25, 0.3) is 0 Å². The zero-order chi connectivity index (χ0) is 19.3. The van der Waals surface area contributed by atoms with E-state index in [2.05, 4.69) is 0 Å². The largest absolute Gasteiger partial charge is 0.465 e. The van der Waals surface area contributed by atoms with Gasteiger partial charge in [0.2, 0.25) is 12.7 Å². The fraction of sp³-hybridized carbons (Fsp3) is 0.600. The number of fused-ring (bicyclic) bond motifs is 1. The minimum absolute atomic E-state index is 0.0378. The molecule has 1 aliphatic heterocycles. The van der Waals surface area contributed by atoms with Gasteiger partial charge in [-0.15, -0.1) is 0 Å². The van der Waals surface area contributed by atoms with Gasteiger partial charge in [-0.25, -0.2) is 0 Å². The Labute approximate surface area is 155 Å². The molecule has 0 aromatic heterocycles. The first-order chi connectivity index (χ1) is 12.2. The van der Waals surface area contributed by atoms with Crippen LogP contribution in [0, 0.1) is 5.41 Å². The van der Waals surface area contributed by atoms with Crippen LogP contribution in [-0.2, 0) is 20.7 Å². The topological polar surface area (TPSA) is 65.1 Å². The second-order valence-electron chi connectivity index (χ2n) is 7.60. The summed E-state index contributed by atoms with van der Waals surface area (Å²) < 4.78 is 15.9. The number of likely N-dealkylation sites (N-methyl/N-ethyl adjacent to an activating group) is 1. The van der Waals surface area contributed by atoms with Crippen molar-refractivity contribution in [1.82, 2.24) is 4.90 Å². The van der Waals surface area contributed by atoms with Gasteiger partial charge in [-0.05, 0) is 31.0 Å². The number of nitrogens with zero attached hydrogens (tertiary/aromatic N) is 1. The minimum atomic E-state index is -0.394. The first kappa shape index (κ1) is 20.1. The van der Waals surface area contributed by atoms with Crippen LogP contribution in [0.3, 0.4) is 0 Å². The zero-order valence-electron chi connectivity index (χ0n) is 16.3. The van der Waals surface area contributed by atoms with E-state index < -0.39 is 5.41 Å². The molecule has 26 heavy (non-hydrogen) atoms. The molecule has 6 nitrogen and oxygen atoms in total. The number of esters is 1. The second-order valence-corrected chi connectivity index (χ2v) is 7.60. The van der Waals surface area contributed by atoms with Crippen LogP contribution in [0.15, 0.2) is 18.2 Å². The van der Waals surface area contributed by atoms with Gasteiger partial charge in [-0.3, -0.25) is 9.59 Å². The first-order valence-corrected chi connectivity index (χ1v) is 9.01. The molecule has 2 rings (SSSR count). The van der Waals surface area contributed by atoms with Crippen molar-refractivity contribution in [1.29, 1.82) is 0 Å². The summed E-state index contributed by atoms with van der Waals surface area (Å²) in [6.45, 7) is 8.15. The Morgan fingerprint density at radius 3 is 2.65 bits per heavy atom. The average Bonchev–Trinajstić information content (AvgIpc) is 3.06. The summed E-state index contributed by atoms with van der Waals surface area (Å²) in [5, 5.41) is 0. The average molecular weight is 363 g/mol. The van der Waals surface area contributed by atoms with Crippen molar-refractivity contribution >= 4 is 11.9 Å². The summed E-state index contributed by atoms with van der Waals surface area (Å²) in [6.07, 6.45) is 1.40. The Bertz CT molecular complexity index is 656. The van der Waals surface area contributed by atoms with Crippen LogP contribution in [-0.4, -0.2) is 43.3 Å². The third-order valence-corrected chi connectivity index (χ3v) is 4.56. The predicted octanol–water partition coefficient (Wildman–Crippen LogP) is 3.17. The van der Waals surface area contributed by atoms with E-state index in [1.54, 1.807) is 11.8 Å². The van der Waals surface area contributed by atoms with E-state index in [1.165, 1.54) is 0 Å². The van der Waals surface area contributed by atoms with Gasteiger partial charge in [0.1, 0.15) is 0 Å². The van der Waals surface area contributed by atoms with Gasteiger partial charge in [0.05, 0.1) is 6.61 Å². The smallest absolute Gasteiger partial charge is 0.305 e. The SMILES string of the molecule is CCC(=O)OCC(C)(C)CC(=O)N(C)C(C)Cc1ccc2c(c1)OCO2. The van der Waals surface area contributed by atoms with Gasteiger partial charge in [0, 0.05) is 31.3 Å². The Morgan fingerprint density at radius 2 is 1.96 bits per heavy atom. The second kappa shape index (κ2) is 8.43. The van der Waals surface area contributed by atoms with E-state index in [9.17, 15) is 9.59 Å². The number of hydrogen-bond donors (Lipinski definition) is 0. The van der Waals surface area contributed by atoms with E-state index in [0.717, 1.165) is 23.5 Å². The maximum absolute atomic E-state index is 12.6. The molecule has 0 N–H and O–H groups in total. The van der Waals surface area contributed by atoms with E-state index in [4.69, 9.17) is 14.2 Å². The third-order valence-electron chi connectivity index (χ3n) is 4.56. The van der Waals surface area contributed by atoms with Gasteiger partial charge < -0.3 is 19.1 Å². The summed E-state index contributed by atoms with van der Waals surface area (Å²) in [6, 6.07) is 5.90. The van der Waals surface area contributed by atoms with Crippen LogP contribution in [0.1, 0.15) is 46.1 Å². The predicted molar refractivity (Wildman–Crippen MR) is 98.1 cm³/mol. The molecule has 0 saturated carbocycles. The van der Waals surface area contributed by atoms with Gasteiger partial charge >= 0.3 is 5.97 Å². The number of carbonyl (C=O) groups excluding carboxylic acids is 2. The molecule has 1 unspecified atom stereocenters. The molecule has 0 fully saturated rings. The molecule has 0 radical (unpaired) electrons. The van der Waals surface area contributed by atoms with Crippen molar-refractivity contribution in [3.05, 3.63) is 23.8 Å². The maximum atomic E-state index is 12.6. The molecule has 0 spiro atoms.